The number of rotatable bonds is 8. The number of amides is 1. The summed E-state index contributed by atoms with van der Waals surface area (Å²) in [6, 6.07) is 13.1. The number of nitrogens with zero attached hydrogens (tertiary/aromatic N) is 1. The van der Waals surface area contributed by atoms with E-state index in [9.17, 15) is 14.0 Å². The maximum Gasteiger partial charge on any atom is 0.223 e. The van der Waals surface area contributed by atoms with Crippen molar-refractivity contribution in [2.75, 3.05) is 0 Å². The number of benzene rings is 2. The van der Waals surface area contributed by atoms with Gasteiger partial charge < -0.3 is 9.32 Å². The van der Waals surface area contributed by atoms with Gasteiger partial charge in [-0.2, -0.15) is 0 Å². The van der Waals surface area contributed by atoms with Gasteiger partial charge in [0.1, 0.15) is 11.4 Å². The van der Waals surface area contributed by atoms with Gasteiger partial charge in [0, 0.05) is 13.0 Å². The zero-order valence-corrected chi connectivity index (χ0v) is 16.0. The average molecular weight is 381 g/mol. The van der Waals surface area contributed by atoms with Crippen molar-refractivity contribution in [3.05, 3.63) is 82.0 Å². The highest BCUT2D eigenvalue weighted by molar-refractivity contribution is 5.78. The average Bonchev–Trinajstić information content (AvgIpc) is 2.71. The van der Waals surface area contributed by atoms with E-state index in [0.29, 0.717) is 29.5 Å². The Balaban J connectivity index is 1.85. The molecule has 0 saturated heterocycles. The molecule has 28 heavy (non-hydrogen) atoms. The van der Waals surface area contributed by atoms with Crippen molar-refractivity contribution in [1.82, 2.24) is 4.90 Å². The Morgan fingerprint density at radius 1 is 1.04 bits per heavy atom. The van der Waals surface area contributed by atoms with Crippen LogP contribution < -0.4 is 5.43 Å². The lowest BCUT2D eigenvalue weighted by Gasteiger charge is -2.23. The largest absolute Gasteiger partial charge is 0.464 e. The molecule has 0 bridgehead atoms. The van der Waals surface area contributed by atoms with E-state index >= 15 is 0 Å². The van der Waals surface area contributed by atoms with Gasteiger partial charge in [0.2, 0.25) is 5.91 Å². The van der Waals surface area contributed by atoms with E-state index in [2.05, 4.69) is 6.92 Å². The number of para-hydroxylation sites is 1. The molecule has 0 atom stereocenters. The Hall–Kier alpha value is -2.95. The molecule has 0 radical (unpaired) electrons. The summed E-state index contributed by atoms with van der Waals surface area (Å²) in [5, 5.41) is 0.500. The smallest absolute Gasteiger partial charge is 0.223 e. The fourth-order valence-corrected chi connectivity index (χ4v) is 3.16. The maximum atomic E-state index is 13.2. The van der Waals surface area contributed by atoms with E-state index < -0.39 is 0 Å². The lowest BCUT2D eigenvalue weighted by molar-refractivity contribution is -0.132. The van der Waals surface area contributed by atoms with Crippen molar-refractivity contribution >= 4 is 16.9 Å². The summed E-state index contributed by atoms with van der Waals surface area (Å²) in [5.41, 5.74) is 1.64. The van der Waals surface area contributed by atoms with Crippen LogP contribution in [0.5, 0.6) is 0 Å². The molecule has 3 aromatic rings. The van der Waals surface area contributed by atoms with Gasteiger partial charge in [-0.05, 0) is 36.2 Å². The minimum absolute atomic E-state index is 0.0228. The van der Waals surface area contributed by atoms with E-state index in [4.69, 9.17) is 4.42 Å². The van der Waals surface area contributed by atoms with Gasteiger partial charge in [-0.1, -0.05) is 44.0 Å². The maximum absolute atomic E-state index is 13.2. The van der Waals surface area contributed by atoms with Crippen molar-refractivity contribution in [2.24, 2.45) is 0 Å². The van der Waals surface area contributed by atoms with Crippen LogP contribution in [0.2, 0.25) is 0 Å². The van der Waals surface area contributed by atoms with Crippen LogP contribution in [0.1, 0.15) is 43.7 Å². The van der Waals surface area contributed by atoms with E-state index in [1.807, 2.05) is 6.07 Å². The molecule has 0 N–H and O–H groups in total. The molecule has 0 aliphatic carbocycles. The minimum Gasteiger partial charge on any atom is -0.464 e. The van der Waals surface area contributed by atoms with E-state index in [1.165, 1.54) is 18.4 Å². The molecule has 5 heteroatoms. The third-order valence-electron chi connectivity index (χ3n) is 4.75. The molecule has 0 aliphatic heterocycles. The van der Waals surface area contributed by atoms with Gasteiger partial charge in [-0.3, -0.25) is 9.59 Å². The summed E-state index contributed by atoms with van der Waals surface area (Å²) in [6.07, 6.45) is 4.67. The molecule has 0 saturated carbocycles. The first kappa shape index (κ1) is 19.8. The van der Waals surface area contributed by atoms with Crippen molar-refractivity contribution < 1.29 is 13.6 Å². The lowest BCUT2D eigenvalue weighted by atomic mass is 10.1. The Morgan fingerprint density at radius 3 is 2.54 bits per heavy atom. The van der Waals surface area contributed by atoms with Gasteiger partial charge in [0.15, 0.2) is 5.43 Å². The second kappa shape index (κ2) is 9.31. The Bertz CT molecular complexity index is 995. The monoisotopic (exact) mass is 381 g/mol. The second-order valence-electron chi connectivity index (χ2n) is 6.92. The zero-order valence-electron chi connectivity index (χ0n) is 16.0. The normalized spacial score (nSPS) is 10.9. The number of unbranched alkanes of at least 4 members (excludes halogenated alkanes) is 2. The predicted molar refractivity (Wildman–Crippen MR) is 107 cm³/mol. The highest BCUT2D eigenvalue weighted by atomic mass is 19.1. The van der Waals surface area contributed by atoms with Crippen LogP contribution in [0.25, 0.3) is 11.0 Å². The van der Waals surface area contributed by atoms with Gasteiger partial charge in [-0.25, -0.2) is 4.39 Å². The van der Waals surface area contributed by atoms with Crippen molar-refractivity contribution in [3.63, 3.8) is 0 Å². The zero-order chi connectivity index (χ0) is 19.9. The fraction of sp³-hybridized carbons (Fsp3) is 0.304. The summed E-state index contributed by atoms with van der Waals surface area (Å²) in [7, 11) is 0. The molecule has 4 nitrogen and oxygen atoms in total. The predicted octanol–water partition coefficient (Wildman–Crippen LogP) is 5.04. The van der Waals surface area contributed by atoms with E-state index in [1.54, 1.807) is 35.2 Å². The molecule has 2 aromatic carbocycles. The number of hydrogen-bond acceptors (Lipinski definition) is 3. The molecule has 0 aliphatic rings. The van der Waals surface area contributed by atoms with Crippen LogP contribution in [0.3, 0.4) is 0 Å². The molecular formula is C23H24FNO3. The Kier molecular flexibility index (Phi) is 6.58. The van der Waals surface area contributed by atoms with Gasteiger partial charge in [-0.15, -0.1) is 0 Å². The molecule has 1 aromatic heterocycles. The molecule has 3 rings (SSSR count). The lowest BCUT2D eigenvalue weighted by Crippen LogP contribution is -2.32. The second-order valence-corrected chi connectivity index (χ2v) is 6.92. The van der Waals surface area contributed by atoms with Crippen molar-refractivity contribution in [1.29, 1.82) is 0 Å². The van der Waals surface area contributed by atoms with Crippen LogP contribution in [0.15, 0.2) is 64.0 Å². The standard InChI is InChI=1S/C23H24FNO3/c1-2-3-4-9-22(26)25(14-17-10-12-19(24)13-11-17)15-18-16-28-21-8-6-5-7-20(21)23(18)27/h5-8,10-13,16H,2-4,9,14-15H2,1H3. The summed E-state index contributed by atoms with van der Waals surface area (Å²) in [6.45, 7) is 2.56. The summed E-state index contributed by atoms with van der Waals surface area (Å²) in [4.78, 5) is 27.2. The molecule has 1 heterocycles. The van der Waals surface area contributed by atoms with Gasteiger partial charge in [0.05, 0.1) is 23.8 Å². The number of carbonyl (C=O) groups is 1. The van der Waals surface area contributed by atoms with Crippen LogP contribution in [0.4, 0.5) is 4.39 Å². The summed E-state index contributed by atoms with van der Waals surface area (Å²) in [5.74, 6) is -0.343. The van der Waals surface area contributed by atoms with Crippen LogP contribution in [0, 0.1) is 5.82 Å². The number of hydrogen-bond donors (Lipinski definition) is 0. The van der Waals surface area contributed by atoms with Crippen LogP contribution in [-0.2, 0) is 17.9 Å². The first-order chi connectivity index (χ1) is 13.6. The van der Waals surface area contributed by atoms with Crippen LogP contribution in [-0.4, -0.2) is 10.8 Å². The summed E-state index contributed by atoms with van der Waals surface area (Å²) < 4.78 is 18.8. The van der Waals surface area contributed by atoms with Gasteiger partial charge >= 0.3 is 0 Å². The van der Waals surface area contributed by atoms with E-state index in [0.717, 1.165) is 24.8 Å². The minimum atomic E-state index is -0.320. The number of carbonyl (C=O) groups excluding carboxylic acids is 1. The Morgan fingerprint density at radius 2 is 1.79 bits per heavy atom. The number of halogens is 1. The SMILES string of the molecule is CCCCCC(=O)N(Cc1ccc(F)cc1)Cc1coc2ccccc2c1=O. The molecule has 146 valence electrons. The third kappa shape index (κ3) is 4.85. The van der Waals surface area contributed by atoms with E-state index in [-0.39, 0.29) is 23.7 Å². The highest BCUT2D eigenvalue weighted by Gasteiger charge is 2.17. The number of fused-ring (bicyclic) bond motifs is 1. The molecule has 1 amide bonds. The summed E-state index contributed by atoms with van der Waals surface area (Å²) >= 11 is 0. The molecule has 0 unspecified atom stereocenters. The highest BCUT2D eigenvalue weighted by Crippen LogP contribution is 2.15. The van der Waals surface area contributed by atoms with Crippen LogP contribution >= 0.6 is 0 Å². The molecule has 0 fully saturated rings. The molecular weight excluding hydrogens is 357 g/mol. The fourth-order valence-electron chi connectivity index (χ4n) is 3.16. The Labute approximate surface area is 163 Å². The van der Waals surface area contributed by atoms with Crippen molar-refractivity contribution in [2.45, 2.75) is 45.7 Å². The first-order valence-corrected chi connectivity index (χ1v) is 9.60. The molecule has 0 spiro atoms. The van der Waals surface area contributed by atoms with Crippen molar-refractivity contribution in [3.8, 4) is 0 Å². The topological polar surface area (TPSA) is 50.5 Å². The quantitative estimate of drug-likeness (QED) is 0.514. The van der Waals surface area contributed by atoms with Gasteiger partial charge in [0.25, 0.3) is 0 Å². The first-order valence-electron chi connectivity index (χ1n) is 9.60. The third-order valence-corrected chi connectivity index (χ3v) is 4.75.